The Bertz CT molecular complexity index is 1590. The van der Waals surface area contributed by atoms with Gasteiger partial charge in [-0.15, -0.1) is 0 Å². The number of rotatable bonds is 11. The van der Waals surface area contributed by atoms with Gasteiger partial charge in [0.1, 0.15) is 31.5 Å². The second-order valence-electron chi connectivity index (χ2n) is 10.5. The molecule has 0 unspecified atom stereocenters. The second kappa shape index (κ2) is 12.8. The summed E-state index contributed by atoms with van der Waals surface area (Å²) in [6.07, 6.45) is 1.91. The van der Waals surface area contributed by atoms with Crippen molar-refractivity contribution in [1.29, 1.82) is 0 Å². The Hall–Kier alpha value is -3.17. The zero-order valence-electron chi connectivity index (χ0n) is 23.8. The van der Waals surface area contributed by atoms with Crippen LogP contribution >= 0.6 is 7.14 Å². The van der Waals surface area contributed by atoms with Crippen molar-refractivity contribution in [1.82, 2.24) is 9.47 Å². The zero-order chi connectivity index (χ0) is 28.4. The number of carbonyl (C=O) groups is 2. The number of halogens is 1. The highest BCUT2D eigenvalue weighted by atomic mass is 127. The molecule has 8 nitrogen and oxygen atoms in total. The van der Waals surface area contributed by atoms with Crippen LogP contribution in [0.1, 0.15) is 45.4 Å². The molecule has 216 valence electrons. The van der Waals surface area contributed by atoms with Gasteiger partial charge in [-0.25, -0.2) is 9.13 Å². The highest BCUT2D eigenvalue weighted by Crippen LogP contribution is 2.36. The van der Waals surface area contributed by atoms with Crippen molar-refractivity contribution in [2.75, 3.05) is 26.8 Å². The summed E-state index contributed by atoms with van der Waals surface area (Å²) >= 11 is 0. The fraction of sp³-hybridized carbons (Fsp3) is 0.323. The normalized spacial score (nSPS) is 12.9. The molecule has 4 aromatic rings. The molecule has 0 spiro atoms. The van der Waals surface area contributed by atoms with E-state index in [0.29, 0.717) is 30.0 Å². The number of imidazole rings is 1. The lowest BCUT2D eigenvalue weighted by atomic mass is 10.1. The van der Waals surface area contributed by atoms with Gasteiger partial charge in [0, 0.05) is 6.07 Å². The lowest BCUT2D eigenvalue weighted by Crippen LogP contribution is -3.00. The summed E-state index contributed by atoms with van der Waals surface area (Å²) in [5, 5.41) is 0. The Morgan fingerprint density at radius 2 is 1.54 bits per heavy atom. The Morgan fingerprint density at radius 1 is 0.902 bits per heavy atom. The summed E-state index contributed by atoms with van der Waals surface area (Å²) in [6, 6.07) is 20.9. The van der Waals surface area contributed by atoms with Crippen LogP contribution in [-0.2, 0) is 30.6 Å². The van der Waals surface area contributed by atoms with E-state index >= 15 is 0 Å². The lowest BCUT2D eigenvalue weighted by Gasteiger charge is -2.13. The first-order valence-corrected chi connectivity index (χ1v) is 16.3. The number of hydrogen-bond donors (Lipinski definition) is 0. The van der Waals surface area contributed by atoms with E-state index in [1.165, 1.54) is 10.5 Å². The fourth-order valence-electron chi connectivity index (χ4n) is 5.22. The van der Waals surface area contributed by atoms with Crippen LogP contribution in [0.4, 0.5) is 0 Å². The van der Waals surface area contributed by atoms with Gasteiger partial charge in [-0.05, 0) is 75.1 Å². The largest absolute Gasteiger partial charge is 1.00 e. The van der Waals surface area contributed by atoms with Crippen LogP contribution in [0.25, 0.3) is 11.0 Å². The summed E-state index contributed by atoms with van der Waals surface area (Å²) in [7, 11) is -0.596. The minimum absolute atomic E-state index is 0. The Balaban J connectivity index is 0.00000387. The van der Waals surface area contributed by atoms with Gasteiger partial charge in [-0.2, -0.15) is 0 Å². The van der Waals surface area contributed by atoms with Crippen LogP contribution in [0.2, 0.25) is 0 Å². The van der Waals surface area contributed by atoms with E-state index < -0.39 is 7.14 Å². The molecule has 0 N–H and O–H groups in total. The van der Waals surface area contributed by atoms with E-state index in [1.807, 2.05) is 42.5 Å². The van der Waals surface area contributed by atoms with Crippen molar-refractivity contribution < 1.29 is 52.2 Å². The number of nitrogens with zero attached hydrogens (tertiary/aromatic N) is 3. The monoisotopic (exact) mass is 687 g/mol. The van der Waals surface area contributed by atoms with E-state index in [4.69, 9.17) is 9.47 Å². The quantitative estimate of drug-likeness (QED) is 0.105. The standard InChI is InChI=1S/C31H35N3O5P.HI/c1-5-32-27-17-16-24(38-2)19-28(27)33(18-8-9-22-12-14-23(15-13-22)39-21-40(3,4)37)29(32)20-34-30(35)25-10-6-7-11-26(25)31(34)36;/h6-7,10-17,19H,5,8-9,18,20-21H2,1-4H3;1H/q+1;/p-1. The molecule has 0 atom stereocenters. The smallest absolute Gasteiger partial charge is 0.277 e. The third-order valence-corrected chi connectivity index (χ3v) is 7.94. The van der Waals surface area contributed by atoms with Crippen molar-refractivity contribution >= 4 is 30.0 Å². The molecule has 3 aromatic carbocycles. The summed E-state index contributed by atoms with van der Waals surface area (Å²) in [4.78, 5) is 27.8. The van der Waals surface area contributed by atoms with Gasteiger partial charge in [0.05, 0.1) is 31.3 Å². The van der Waals surface area contributed by atoms with E-state index in [2.05, 4.69) is 16.1 Å². The minimum Gasteiger partial charge on any atom is -1.00 e. The molecule has 0 saturated heterocycles. The number of ether oxygens (including phenoxy) is 2. The molecule has 0 fully saturated rings. The van der Waals surface area contributed by atoms with Crippen molar-refractivity contribution in [3.8, 4) is 11.5 Å². The molecule has 1 aliphatic rings. The predicted molar refractivity (Wildman–Crippen MR) is 155 cm³/mol. The van der Waals surface area contributed by atoms with Gasteiger partial charge in [-0.1, -0.05) is 24.3 Å². The van der Waals surface area contributed by atoms with Gasteiger partial charge in [-0.3, -0.25) is 14.5 Å². The average molecular weight is 688 g/mol. The van der Waals surface area contributed by atoms with E-state index in [9.17, 15) is 14.2 Å². The number of imide groups is 1. The van der Waals surface area contributed by atoms with Gasteiger partial charge >= 0.3 is 0 Å². The van der Waals surface area contributed by atoms with Crippen LogP contribution in [0.15, 0.2) is 66.7 Å². The molecule has 5 rings (SSSR count). The number of methoxy groups -OCH3 is 1. The number of carbonyl (C=O) groups excluding carboxylic acids is 2. The van der Waals surface area contributed by atoms with Crippen molar-refractivity contribution in [2.24, 2.45) is 0 Å². The van der Waals surface area contributed by atoms with Crippen molar-refractivity contribution in [3.63, 3.8) is 0 Å². The van der Waals surface area contributed by atoms with Crippen LogP contribution < -0.4 is 38.0 Å². The van der Waals surface area contributed by atoms with Crippen LogP contribution in [-0.4, -0.2) is 48.1 Å². The summed E-state index contributed by atoms with van der Waals surface area (Å²) in [5.41, 5.74) is 4.10. The number of amides is 2. The molecule has 0 radical (unpaired) electrons. The first-order chi connectivity index (χ1) is 19.2. The van der Waals surface area contributed by atoms with Crippen LogP contribution in [0.5, 0.6) is 11.5 Å². The van der Waals surface area contributed by atoms with Crippen molar-refractivity contribution in [2.45, 2.75) is 39.4 Å². The topological polar surface area (TPSA) is 81.7 Å². The van der Waals surface area contributed by atoms with Crippen molar-refractivity contribution in [3.05, 3.63) is 89.2 Å². The van der Waals surface area contributed by atoms with E-state index in [0.717, 1.165) is 35.4 Å². The predicted octanol–water partition coefficient (Wildman–Crippen LogP) is 2.35. The molecule has 1 aromatic heterocycles. The maximum Gasteiger partial charge on any atom is 0.277 e. The third kappa shape index (κ3) is 6.51. The summed E-state index contributed by atoms with van der Waals surface area (Å²) in [5.74, 6) is 1.84. The lowest BCUT2D eigenvalue weighted by molar-refractivity contribution is -0.677. The molecule has 10 heteroatoms. The fourth-order valence-corrected chi connectivity index (χ4v) is 5.68. The first-order valence-electron chi connectivity index (χ1n) is 13.5. The SMILES string of the molecule is CC[n+]1c(CN2C(=O)c3ccccc3C2=O)n(CCCc2ccc(OCP(C)(C)=O)cc2)c2cc(OC)ccc21.[I-]. The molecule has 0 saturated carbocycles. The Morgan fingerprint density at radius 3 is 2.12 bits per heavy atom. The summed E-state index contributed by atoms with van der Waals surface area (Å²) in [6.45, 7) is 7.07. The van der Waals surface area contributed by atoms with Gasteiger partial charge in [0.15, 0.2) is 11.0 Å². The molecular weight excluding hydrogens is 652 g/mol. The zero-order valence-corrected chi connectivity index (χ0v) is 26.9. The number of aryl methyl sites for hydroxylation is 3. The number of fused-ring (bicyclic) bond motifs is 2. The maximum atomic E-state index is 13.2. The van der Waals surface area contributed by atoms with Gasteiger partial charge in [0.25, 0.3) is 17.6 Å². The van der Waals surface area contributed by atoms with Crippen LogP contribution in [0.3, 0.4) is 0 Å². The average Bonchev–Trinajstić information content (AvgIpc) is 3.38. The molecular formula is C31H35IN3O5P. The molecule has 0 aliphatic carbocycles. The van der Waals surface area contributed by atoms with Gasteiger partial charge in [0.2, 0.25) is 0 Å². The number of aromatic nitrogens is 2. The molecule has 2 amide bonds. The van der Waals surface area contributed by atoms with E-state index in [1.54, 1.807) is 44.7 Å². The van der Waals surface area contributed by atoms with E-state index in [-0.39, 0.29) is 48.7 Å². The number of benzene rings is 3. The Labute approximate surface area is 257 Å². The van der Waals surface area contributed by atoms with Crippen LogP contribution in [0, 0.1) is 0 Å². The molecule has 1 aliphatic heterocycles. The third-order valence-electron chi connectivity index (χ3n) is 7.19. The minimum atomic E-state index is -2.24. The maximum absolute atomic E-state index is 13.2. The summed E-state index contributed by atoms with van der Waals surface area (Å²) < 4.78 is 27.5. The molecule has 0 bridgehead atoms. The van der Waals surface area contributed by atoms with Gasteiger partial charge < -0.3 is 38.0 Å². The Kier molecular flexibility index (Phi) is 9.59. The highest BCUT2D eigenvalue weighted by molar-refractivity contribution is 7.62. The number of hydrogen-bond acceptors (Lipinski definition) is 5. The second-order valence-corrected chi connectivity index (χ2v) is 13.9. The first kappa shape index (κ1) is 30.8. The molecule has 41 heavy (non-hydrogen) atoms. The molecule has 2 heterocycles. The highest BCUT2D eigenvalue weighted by Gasteiger charge is 2.38.